The highest BCUT2D eigenvalue weighted by atomic mass is 32.1. The topological polar surface area (TPSA) is 67.7 Å². The van der Waals surface area contributed by atoms with Crippen LogP contribution in [0.15, 0.2) is 11.4 Å². The van der Waals surface area contributed by atoms with E-state index in [0.29, 0.717) is 12.5 Å². The van der Waals surface area contributed by atoms with E-state index in [1.807, 2.05) is 37.1 Å². The number of aryl methyl sites for hydroxylation is 2. The van der Waals surface area contributed by atoms with E-state index in [4.69, 9.17) is 0 Å². The Hall–Kier alpha value is -2.15. The summed E-state index contributed by atoms with van der Waals surface area (Å²) in [6, 6.07) is 2.05. The van der Waals surface area contributed by atoms with Crippen LogP contribution in [0, 0.1) is 13.8 Å². The minimum Gasteiger partial charge on any atom is -0.365 e. The molecule has 0 fully saturated rings. The molecule has 21 heavy (non-hydrogen) atoms. The average Bonchev–Trinajstić information content (AvgIpc) is 3.03. The summed E-state index contributed by atoms with van der Waals surface area (Å²) in [4.78, 5) is 9.95. The minimum absolute atomic E-state index is 0.632. The second-order valence-electron chi connectivity index (χ2n) is 4.91. The van der Waals surface area contributed by atoms with Crippen molar-refractivity contribution in [3.8, 4) is 0 Å². The van der Waals surface area contributed by atoms with E-state index in [1.54, 1.807) is 11.3 Å². The fourth-order valence-electron chi connectivity index (χ4n) is 2.35. The first-order valence-corrected chi connectivity index (χ1v) is 7.64. The number of nitrogens with one attached hydrogen (secondary N) is 2. The SMILES string of the molecule is CNc1nc(NCc2c(C)nn(C)c2C)c2ccsc2n1. The van der Waals surface area contributed by atoms with Crippen LogP contribution in [0.4, 0.5) is 11.8 Å². The zero-order chi connectivity index (χ0) is 15.0. The number of hydrogen-bond donors (Lipinski definition) is 2. The maximum atomic E-state index is 4.52. The second-order valence-corrected chi connectivity index (χ2v) is 5.81. The van der Waals surface area contributed by atoms with Gasteiger partial charge >= 0.3 is 0 Å². The van der Waals surface area contributed by atoms with Crippen LogP contribution >= 0.6 is 11.3 Å². The van der Waals surface area contributed by atoms with Gasteiger partial charge in [0.1, 0.15) is 10.6 Å². The summed E-state index contributed by atoms with van der Waals surface area (Å²) in [5.74, 6) is 1.49. The Balaban J connectivity index is 1.92. The van der Waals surface area contributed by atoms with Gasteiger partial charge in [-0.1, -0.05) is 0 Å². The first kappa shape index (κ1) is 13.8. The normalized spacial score (nSPS) is 11.0. The second kappa shape index (κ2) is 5.33. The van der Waals surface area contributed by atoms with E-state index in [9.17, 15) is 0 Å². The molecular weight excluding hydrogens is 284 g/mol. The summed E-state index contributed by atoms with van der Waals surface area (Å²) in [5, 5.41) is 14.0. The lowest BCUT2D eigenvalue weighted by atomic mass is 10.2. The summed E-state index contributed by atoms with van der Waals surface area (Å²) in [6.45, 7) is 4.82. The van der Waals surface area contributed by atoms with Crippen LogP contribution in [-0.2, 0) is 13.6 Å². The number of rotatable bonds is 4. The maximum absolute atomic E-state index is 4.52. The lowest BCUT2D eigenvalue weighted by Gasteiger charge is -2.09. The molecule has 3 rings (SSSR count). The molecule has 3 aromatic rings. The highest BCUT2D eigenvalue weighted by Crippen LogP contribution is 2.27. The van der Waals surface area contributed by atoms with Gasteiger partial charge in [0.25, 0.3) is 0 Å². The maximum Gasteiger partial charge on any atom is 0.225 e. The van der Waals surface area contributed by atoms with E-state index >= 15 is 0 Å². The molecule has 6 nitrogen and oxygen atoms in total. The predicted octanol–water partition coefficient (Wildman–Crippen LogP) is 2.70. The molecule has 3 heterocycles. The standard InChI is InChI=1S/C14H18N6S/c1-8-11(9(2)20(4)19-8)7-16-12-10-5-6-21-13(10)18-14(15-3)17-12/h5-6H,7H2,1-4H3,(H2,15,16,17,18). The Morgan fingerprint density at radius 3 is 2.76 bits per heavy atom. The Kier molecular flexibility index (Phi) is 3.50. The van der Waals surface area contributed by atoms with Crippen molar-refractivity contribution < 1.29 is 0 Å². The quantitative estimate of drug-likeness (QED) is 0.775. The van der Waals surface area contributed by atoms with E-state index in [-0.39, 0.29) is 0 Å². The van der Waals surface area contributed by atoms with Crippen molar-refractivity contribution in [2.75, 3.05) is 17.7 Å². The fraction of sp³-hybridized carbons (Fsp3) is 0.357. The van der Waals surface area contributed by atoms with Crippen LogP contribution in [0.1, 0.15) is 17.0 Å². The molecular formula is C14H18N6S. The highest BCUT2D eigenvalue weighted by molar-refractivity contribution is 7.16. The lowest BCUT2D eigenvalue weighted by Crippen LogP contribution is -2.06. The number of fused-ring (bicyclic) bond motifs is 1. The van der Waals surface area contributed by atoms with Crippen LogP contribution in [0.2, 0.25) is 0 Å². The Labute approximate surface area is 127 Å². The number of aromatic nitrogens is 4. The van der Waals surface area contributed by atoms with Crippen molar-refractivity contribution in [2.24, 2.45) is 7.05 Å². The summed E-state index contributed by atoms with van der Waals surface area (Å²) < 4.78 is 1.91. The monoisotopic (exact) mass is 302 g/mol. The number of anilines is 2. The number of nitrogens with zero attached hydrogens (tertiary/aromatic N) is 4. The van der Waals surface area contributed by atoms with Gasteiger partial charge in [-0.25, -0.2) is 4.98 Å². The predicted molar refractivity (Wildman–Crippen MR) is 87.0 cm³/mol. The van der Waals surface area contributed by atoms with E-state index in [0.717, 1.165) is 21.7 Å². The van der Waals surface area contributed by atoms with Gasteiger partial charge in [0.05, 0.1) is 11.1 Å². The molecule has 0 atom stereocenters. The van der Waals surface area contributed by atoms with Gasteiger partial charge in [0, 0.05) is 31.9 Å². The fourth-order valence-corrected chi connectivity index (χ4v) is 3.11. The van der Waals surface area contributed by atoms with Gasteiger partial charge in [0.15, 0.2) is 0 Å². The molecule has 0 aliphatic heterocycles. The summed E-state index contributed by atoms with van der Waals surface area (Å²) in [7, 11) is 3.79. The molecule has 7 heteroatoms. The van der Waals surface area contributed by atoms with Gasteiger partial charge in [-0.2, -0.15) is 10.1 Å². The third-order valence-electron chi connectivity index (χ3n) is 3.64. The molecule has 3 aromatic heterocycles. The van der Waals surface area contributed by atoms with Gasteiger partial charge in [-0.3, -0.25) is 4.68 Å². The van der Waals surface area contributed by atoms with Crippen molar-refractivity contribution >= 4 is 33.3 Å². The Bertz CT molecular complexity index is 788. The van der Waals surface area contributed by atoms with Crippen LogP contribution in [0.3, 0.4) is 0 Å². The Morgan fingerprint density at radius 2 is 2.10 bits per heavy atom. The van der Waals surface area contributed by atoms with Crippen molar-refractivity contribution in [1.82, 2.24) is 19.7 Å². The molecule has 0 aliphatic carbocycles. The third-order valence-corrected chi connectivity index (χ3v) is 4.45. The van der Waals surface area contributed by atoms with E-state index in [1.165, 1.54) is 11.3 Å². The zero-order valence-corrected chi connectivity index (χ0v) is 13.4. The van der Waals surface area contributed by atoms with E-state index in [2.05, 4.69) is 32.6 Å². The first-order chi connectivity index (χ1) is 10.1. The first-order valence-electron chi connectivity index (χ1n) is 6.76. The highest BCUT2D eigenvalue weighted by Gasteiger charge is 2.12. The minimum atomic E-state index is 0.632. The summed E-state index contributed by atoms with van der Waals surface area (Å²) in [5.41, 5.74) is 3.43. The smallest absolute Gasteiger partial charge is 0.225 e. The molecule has 0 bridgehead atoms. The lowest BCUT2D eigenvalue weighted by molar-refractivity contribution is 0.730. The largest absolute Gasteiger partial charge is 0.365 e. The van der Waals surface area contributed by atoms with E-state index < -0.39 is 0 Å². The average molecular weight is 302 g/mol. The van der Waals surface area contributed by atoms with Crippen molar-refractivity contribution in [1.29, 1.82) is 0 Å². The molecule has 2 N–H and O–H groups in total. The third kappa shape index (κ3) is 2.44. The molecule has 0 aliphatic rings. The van der Waals surface area contributed by atoms with Gasteiger partial charge in [-0.15, -0.1) is 11.3 Å². The molecule has 0 saturated heterocycles. The zero-order valence-electron chi connectivity index (χ0n) is 12.6. The summed E-state index contributed by atoms with van der Waals surface area (Å²) >= 11 is 1.62. The van der Waals surface area contributed by atoms with Crippen LogP contribution in [-0.4, -0.2) is 26.8 Å². The van der Waals surface area contributed by atoms with Gasteiger partial charge in [-0.05, 0) is 25.3 Å². The molecule has 0 spiro atoms. The Morgan fingerprint density at radius 1 is 1.29 bits per heavy atom. The molecule has 0 saturated carbocycles. The molecule has 0 radical (unpaired) electrons. The van der Waals surface area contributed by atoms with Crippen molar-refractivity contribution in [3.05, 3.63) is 28.4 Å². The molecule has 0 unspecified atom stereocenters. The molecule has 110 valence electrons. The number of hydrogen-bond acceptors (Lipinski definition) is 6. The molecule has 0 aromatic carbocycles. The summed E-state index contributed by atoms with van der Waals surface area (Å²) in [6.07, 6.45) is 0. The van der Waals surface area contributed by atoms with Gasteiger partial charge < -0.3 is 10.6 Å². The van der Waals surface area contributed by atoms with Crippen molar-refractivity contribution in [3.63, 3.8) is 0 Å². The van der Waals surface area contributed by atoms with Crippen LogP contribution in [0.25, 0.3) is 10.2 Å². The molecule has 0 amide bonds. The van der Waals surface area contributed by atoms with Crippen LogP contribution < -0.4 is 10.6 Å². The van der Waals surface area contributed by atoms with Gasteiger partial charge in [0.2, 0.25) is 5.95 Å². The number of thiophene rings is 1. The van der Waals surface area contributed by atoms with Crippen LogP contribution in [0.5, 0.6) is 0 Å². The van der Waals surface area contributed by atoms with Crippen molar-refractivity contribution in [2.45, 2.75) is 20.4 Å².